The molecule has 1 aromatic rings. The van der Waals surface area contributed by atoms with Gasteiger partial charge in [-0.15, -0.1) is 0 Å². The van der Waals surface area contributed by atoms with Gasteiger partial charge in [-0.05, 0) is 37.1 Å². The maximum Gasteiger partial charge on any atom is 0.123 e. The van der Waals surface area contributed by atoms with Crippen LogP contribution < -0.4 is 10.2 Å². The van der Waals surface area contributed by atoms with Crippen LogP contribution in [0.4, 0.5) is 10.1 Å². The summed E-state index contributed by atoms with van der Waals surface area (Å²) < 4.78 is 12.8. The molecule has 0 unspecified atom stereocenters. The summed E-state index contributed by atoms with van der Waals surface area (Å²) in [4.78, 5) is 2.16. The molecule has 0 aromatic heterocycles. The van der Waals surface area contributed by atoms with Gasteiger partial charge in [0.2, 0.25) is 0 Å². The van der Waals surface area contributed by atoms with Crippen LogP contribution in [0.1, 0.15) is 32.1 Å². The molecule has 1 N–H and O–H groups in total. The fourth-order valence-electron chi connectivity index (χ4n) is 2.57. The van der Waals surface area contributed by atoms with Gasteiger partial charge in [0.1, 0.15) is 5.82 Å². The van der Waals surface area contributed by atoms with E-state index in [1.165, 1.54) is 44.2 Å². The first-order valence-corrected chi connectivity index (χ1v) is 6.96. The Hall–Kier alpha value is -1.09. The molecule has 100 valence electrons. The second-order valence-corrected chi connectivity index (χ2v) is 5.19. The van der Waals surface area contributed by atoms with Crippen molar-refractivity contribution in [3.05, 3.63) is 30.1 Å². The Kier molecular flexibility index (Phi) is 5.00. The van der Waals surface area contributed by atoms with Gasteiger partial charge in [0, 0.05) is 31.9 Å². The third kappa shape index (κ3) is 3.98. The van der Waals surface area contributed by atoms with Gasteiger partial charge in [0.25, 0.3) is 0 Å². The van der Waals surface area contributed by atoms with Gasteiger partial charge in [0.05, 0.1) is 0 Å². The Labute approximate surface area is 109 Å². The highest BCUT2D eigenvalue weighted by Gasteiger charge is 2.12. The zero-order chi connectivity index (χ0) is 12.8. The zero-order valence-corrected chi connectivity index (χ0v) is 11.2. The van der Waals surface area contributed by atoms with Crippen molar-refractivity contribution in [2.45, 2.75) is 38.1 Å². The van der Waals surface area contributed by atoms with Gasteiger partial charge >= 0.3 is 0 Å². The molecule has 1 saturated carbocycles. The molecule has 2 nitrogen and oxygen atoms in total. The number of halogens is 1. The summed E-state index contributed by atoms with van der Waals surface area (Å²) in [6.07, 6.45) is 6.77. The normalized spacial score (nSPS) is 16.8. The molecule has 0 amide bonds. The Bertz CT molecular complexity index is 344. The Balaban J connectivity index is 1.70. The van der Waals surface area contributed by atoms with E-state index < -0.39 is 0 Å². The van der Waals surface area contributed by atoms with Gasteiger partial charge in [-0.3, -0.25) is 0 Å². The molecule has 1 aromatic carbocycles. The number of rotatable bonds is 5. The Morgan fingerprint density at radius 2 is 1.83 bits per heavy atom. The van der Waals surface area contributed by atoms with E-state index in [4.69, 9.17) is 0 Å². The van der Waals surface area contributed by atoms with Crippen molar-refractivity contribution in [2.75, 3.05) is 25.0 Å². The van der Waals surface area contributed by atoms with Gasteiger partial charge in [0.15, 0.2) is 0 Å². The van der Waals surface area contributed by atoms with Gasteiger partial charge in [-0.25, -0.2) is 4.39 Å². The number of anilines is 1. The summed E-state index contributed by atoms with van der Waals surface area (Å²) in [5.74, 6) is -0.174. The van der Waals surface area contributed by atoms with E-state index in [0.717, 1.165) is 18.8 Å². The number of hydrogen-bond acceptors (Lipinski definition) is 2. The smallest absolute Gasteiger partial charge is 0.123 e. The lowest BCUT2D eigenvalue weighted by atomic mass is 9.95. The van der Waals surface area contributed by atoms with Crippen molar-refractivity contribution in [3.63, 3.8) is 0 Å². The van der Waals surface area contributed by atoms with Crippen LogP contribution in [-0.2, 0) is 0 Å². The maximum atomic E-state index is 12.8. The van der Waals surface area contributed by atoms with E-state index in [1.54, 1.807) is 0 Å². The van der Waals surface area contributed by atoms with Crippen molar-refractivity contribution >= 4 is 5.69 Å². The first-order valence-electron chi connectivity index (χ1n) is 6.96. The lowest BCUT2D eigenvalue weighted by molar-refractivity contribution is 0.376. The zero-order valence-electron chi connectivity index (χ0n) is 11.2. The van der Waals surface area contributed by atoms with E-state index in [1.807, 2.05) is 12.1 Å². The van der Waals surface area contributed by atoms with Gasteiger partial charge in [-0.2, -0.15) is 0 Å². The quantitative estimate of drug-likeness (QED) is 0.863. The fraction of sp³-hybridized carbons (Fsp3) is 0.600. The monoisotopic (exact) mass is 250 g/mol. The van der Waals surface area contributed by atoms with Crippen molar-refractivity contribution < 1.29 is 4.39 Å². The third-order valence-corrected chi connectivity index (χ3v) is 3.75. The summed E-state index contributed by atoms with van der Waals surface area (Å²) in [5.41, 5.74) is 1.07. The lowest BCUT2D eigenvalue weighted by Crippen LogP contribution is -2.36. The van der Waals surface area contributed by atoms with E-state index >= 15 is 0 Å². The summed E-state index contributed by atoms with van der Waals surface area (Å²) in [5, 5.41) is 3.62. The minimum Gasteiger partial charge on any atom is -0.373 e. The van der Waals surface area contributed by atoms with Crippen molar-refractivity contribution in [1.82, 2.24) is 5.32 Å². The molecule has 0 bridgehead atoms. The SMILES string of the molecule is CN(CCNC1CCCCC1)c1ccc(F)cc1. The highest BCUT2D eigenvalue weighted by atomic mass is 19.1. The molecule has 0 spiro atoms. The van der Waals surface area contributed by atoms with Crippen LogP contribution in [0.25, 0.3) is 0 Å². The molecule has 0 aliphatic heterocycles. The second-order valence-electron chi connectivity index (χ2n) is 5.19. The van der Waals surface area contributed by atoms with E-state index in [9.17, 15) is 4.39 Å². The average Bonchev–Trinajstić information content (AvgIpc) is 2.40. The summed E-state index contributed by atoms with van der Waals surface area (Å²) in [7, 11) is 2.05. The number of likely N-dealkylation sites (N-methyl/N-ethyl adjacent to an activating group) is 1. The molecule has 0 radical (unpaired) electrons. The molecule has 1 aliphatic rings. The lowest BCUT2D eigenvalue weighted by Gasteiger charge is -2.25. The van der Waals surface area contributed by atoms with Crippen LogP contribution in [0.15, 0.2) is 24.3 Å². The number of nitrogens with zero attached hydrogens (tertiary/aromatic N) is 1. The van der Waals surface area contributed by atoms with Crippen LogP contribution in [0.2, 0.25) is 0 Å². The van der Waals surface area contributed by atoms with Crippen molar-refractivity contribution in [2.24, 2.45) is 0 Å². The molecular formula is C15H23FN2. The van der Waals surface area contributed by atoms with E-state index in [2.05, 4.69) is 17.3 Å². The molecule has 0 saturated heterocycles. The van der Waals surface area contributed by atoms with Crippen LogP contribution in [0, 0.1) is 5.82 Å². The Morgan fingerprint density at radius 1 is 1.17 bits per heavy atom. The molecule has 1 fully saturated rings. The molecule has 2 rings (SSSR count). The number of hydrogen-bond donors (Lipinski definition) is 1. The first-order chi connectivity index (χ1) is 8.75. The van der Waals surface area contributed by atoms with Crippen molar-refractivity contribution in [3.8, 4) is 0 Å². The molecule has 0 atom stereocenters. The van der Waals surface area contributed by atoms with Crippen molar-refractivity contribution in [1.29, 1.82) is 0 Å². The first kappa shape index (κ1) is 13.3. The highest BCUT2D eigenvalue weighted by molar-refractivity contribution is 5.45. The van der Waals surface area contributed by atoms with Gasteiger partial charge < -0.3 is 10.2 Å². The van der Waals surface area contributed by atoms with Crippen LogP contribution in [-0.4, -0.2) is 26.2 Å². The van der Waals surface area contributed by atoms with E-state index in [-0.39, 0.29) is 5.82 Å². The average molecular weight is 250 g/mol. The molecule has 3 heteroatoms. The minimum atomic E-state index is -0.174. The van der Waals surface area contributed by atoms with Crippen LogP contribution >= 0.6 is 0 Å². The highest BCUT2D eigenvalue weighted by Crippen LogP contribution is 2.17. The fourth-order valence-corrected chi connectivity index (χ4v) is 2.57. The molecule has 0 heterocycles. The van der Waals surface area contributed by atoms with E-state index in [0.29, 0.717) is 6.04 Å². The minimum absolute atomic E-state index is 0.174. The third-order valence-electron chi connectivity index (χ3n) is 3.75. The van der Waals surface area contributed by atoms with Crippen LogP contribution in [0.3, 0.4) is 0 Å². The molecular weight excluding hydrogens is 227 g/mol. The topological polar surface area (TPSA) is 15.3 Å². The number of nitrogens with one attached hydrogen (secondary N) is 1. The predicted octanol–water partition coefficient (Wildman–Crippen LogP) is 3.18. The standard InChI is InChI=1S/C15H23FN2/c1-18(15-9-7-13(16)8-10-15)12-11-17-14-5-3-2-4-6-14/h7-10,14,17H,2-6,11-12H2,1H3. The van der Waals surface area contributed by atoms with Crippen LogP contribution in [0.5, 0.6) is 0 Å². The second kappa shape index (κ2) is 6.74. The summed E-state index contributed by atoms with van der Waals surface area (Å²) in [6.45, 7) is 1.96. The number of benzene rings is 1. The largest absolute Gasteiger partial charge is 0.373 e. The van der Waals surface area contributed by atoms with Gasteiger partial charge in [-0.1, -0.05) is 19.3 Å². The summed E-state index contributed by atoms with van der Waals surface area (Å²) in [6, 6.07) is 7.40. The molecule has 1 aliphatic carbocycles. The predicted molar refractivity (Wildman–Crippen MR) is 74.5 cm³/mol. The Morgan fingerprint density at radius 3 is 2.50 bits per heavy atom. The molecule has 18 heavy (non-hydrogen) atoms. The maximum absolute atomic E-state index is 12.8. The summed E-state index contributed by atoms with van der Waals surface area (Å²) >= 11 is 0.